The monoisotopic (exact) mass is 282 g/mol. The second-order valence-corrected chi connectivity index (χ2v) is 4.69. The Morgan fingerprint density at radius 1 is 1.53 bits per heavy atom. The van der Waals surface area contributed by atoms with E-state index in [9.17, 15) is 4.39 Å². The Hall–Kier alpha value is -1.43. The van der Waals surface area contributed by atoms with Gasteiger partial charge in [-0.1, -0.05) is 30.7 Å². The lowest BCUT2D eigenvalue weighted by molar-refractivity contribution is 0.558. The van der Waals surface area contributed by atoms with Gasteiger partial charge < -0.3 is 0 Å². The molecule has 1 aromatic heterocycles. The van der Waals surface area contributed by atoms with E-state index in [-0.39, 0.29) is 5.02 Å². The molecule has 3 N–H and O–H groups in total. The Balaban J connectivity index is 2.35. The number of nitrogens with zero attached hydrogens (tertiary/aromatic N) is 2. The fourth-order valence-corrected chi connectivity index (χ4v) is 2.17. The number of nitrogens with two attached hydrogens (primary N) is 1. The second-order valence-electron chi connectivity index (χ2n) is 4.28. The van der Waals surface area contributed by atoms with Crippen LogP contribution in [0.4, 0.5) is 4.39 Å². The van der Waals surface area contributed by atoms with Gasteiger partial charge >= 0.3 is 0 Å². The van der Waals surface area contributed by atoms with E-state index in [0.717, 1.165) is 18.5 Å². The highest BCUT2D eigenvalue weighted by Crippen LogP contribution is 2.27. The van der Waals surface area contributed by atoms with Crippen molar-refractivity contribution < 1.29 is 4.39 Å². The highest BCUT2D eigenvalue weighted by atomic mass is 35.5. The molecule has 0 bridgehead atoms. The molecule has 0 aliphatic carbocycles. The molecule has 2 aromatic rings. The first-order valence-electron chi connectivity index (χ1n) is 6.09. The van der Waals surface area contributed by atoms with Crippen molar-refractivity contribution in [3.63, 3.8) is 0 Å². The molecule has 0 aliphatic heterocycles. The molecule has 19 heavy (non-hydrogen) atoms. The summed E-state index contributed by atoms with van der Waals surface area (Å²) in [5, 5.41) is 4.30. The van der Waals surface area contributed by atoms with Crippen molar-refractivity contribution in [1.82, 2.24) is 15.2 Å². The van der Waals surface area contributed by atoms with Gasteiger partial charge in [0.15, 0.2) is 0 Å². The maximum absolute atomic E-state index is 14.0. The number of aryl methyl sites for hydroxylation is 1. The number of aromatic nitrogens is 2. The molecule has 0 spiro atoms. The van der Waals surface area contributed by atoms with Crippen molar-refractivity contribution in [2.45, 2.75) is 25.9 Å². The minimum Gasteiger partial charge on any atom is -0.272 e. The van der Waals surface area contributed by atoms with Gasteiger partial charge in [-0.3, -0.25) is 10.5 Å². The molecule has 1 aromatic carbocycles. The summed E-state index contributed by atoms with van der Waals surface area (Å²) in [4.78, 5) is 0. The highest BCUT2D eigenvalue weighted by molar-refractivity contribution is 6.30. The maximum Gasteiger partial charge on any atom is 0.146 e. The third kappa shape index (κ3) is 2.94. The van der Waals surface area contributed by atoms with E-state index in [1.165, 1.54) is 6.07 Å². The van der Waals surface area contributed by atoms with E-state index in [4.69, 9.17) is 17.4 Å². The van der Waals surface area contributed by atoms with Crippen LogP contribution in [0.1, 0.15) is 30.5 Å². The smallest absolute Gasteiger partial charge is 0.146 e. The Morgan fingerprint density at radius 2 is 2.32 bits per heavy atom. The zero-order chi connectivity index (χ0) is 13.8. The number of hydrogen-bond donors (Lipinski definition) is 2. The summed E-state index contributed by atoms with van der Waals surface area (Å²) in [6.07, 6.45) is 4.52. The minimum atomic E-state index is -0.468. The summed E-state index contributed by atoms with van der Waals surface area (Å²) >= 11 is 5.79. The predicted molar refractivity (Wildman–Crippen MR) is 73.1 cm³/mol. The molecule has 6 heteroatoms. The number of nitrogens with one attached hydrogen (secondary N) is 1. The summed E-state index contributed by atoms with van der Waals surface area (Å²) in [5.41, 5.74) is 3.82. The van der Waals surface area contributed by atoms with Crippen molar-refractivity contribution in [2.75, 3.05) is 0 Å². The fraction of sp³-hybridized carbons (Fsp3) is 0.308. The van der Waals surface area contributed by atoms with E-state index < -0.39 is 11.9 Å². The lowest BCUT2D eigenvalue weighted by Crippen LogP contribution is -2.29. The molecule has 1 atom stereocenters. The number of halogens is 2. The topological polar surface area (TPSA) is 55.9 Å². The maximum atomic E-state index is 14.0. The molecule has 0 aliphatic rings. The predicted octanol–water partition coefficient (Wildman–Crippen LogP) is 2.64. The quantitative estimate of drug-likeness (QED) is 0.655. The van der Waals surface area contributed by atoms with Gasteiger partial charge in [0.05, 0.1) is 17.3 Å². The first-order chi connectivity index (χ1) is 9.17. The SMILES string of the molecule is CCCn1cc(C(NN)c2cccc(Cl)c2F)cn1. The van der Waals surface area contributed by atoms with Crippen molar-refractivity contribution in [3.05, 3.63) is 52.6 Å². The molecular formula is C13H16ClFN4. The van der Waals surface area contributed by atoms with E-state index in [1.54, 1.807) is 18.3 Å². The average molecular weight is 283 g/mol. The van der Waals surface area contributed by atoms with Crippen LogP contribution in [0.2, 0.25) is 5.02 Å². The Labute approximate surface area is 116 Å². The molecule has 4 nitrogen and oxygen atoms in total. The van der Waals surface area contributed by atoms with E-state index in [0.29, 0.717) is 5.56 Å². The van der Waals surface area contributed by atoms with Crippen LogP contribution in [-0.2, 0) is 6.54 Å². The van der Waals surface area contributed by atoms with Gasteiger partial charge in [0.25, 0.3) is 0 Å². The minimum absolute atomic E-state index is 0.0821. The van der Waals surface area contributed by atoms with Crippen molar-refractivity contribution in [1.29, 1.82) is 0 Å². The molecule has 102 valence electrons. The lowest BCUT2D eigenvalue weighted by Gasteiger charge is -2.15. The molecule has 1 unspecified atom stereocenters. The molecule has 0 radical (unpaired) electrons. The average Bonchev–Trinajstić information content (AvgIpc) is 2.84. The molecule has 0 fully saturated rings. The Kier molecular flexibility index (Phi) is 4.52. The van der Waals surface area contributed by atoms with Crippen molar-refractivity contribution in [3.8, 4) is 0 Å². The number of rotatable bonds is 5. The van der Waals surface area contributed by atoms with Crippen LogP contribution in [0.15, 0.2) is 30.6 Å². The standard InChI is InChI=1S/C13H16ClFN4/c1-2-6-19-8-9(7-17-19)13(18-16)10-4-3-5-11(14)12(10)15/h3-5,7-8,13,18H,2,6,16H2,1H3. The van der Waals surface area contributed by atoms with Crippen LogP contribution in [0, 0.1) is 5.82 Å². The summed E-state index contributed by atoms with van der Waals surface area (Å²) in [5.74, 6) is 5.08. The summed E-state index contributed by atoms with van der Waals surface area (Å²) < 4.78 is 15.8. The molecule has 0 saturated carbocycles. The molecule has 2 rings (SSSR count). The van der Waals surface area contributed by atoms with Crippen molar-refractivity contribution in [2.24, 2.45) is 5.84 Å². The van der Waals surface area contributed by atoms with Gasteiger partial charge in [0.1, 0.15) is 5.82 Å². The molecular weight excluding hydrogens is 267 g/mol. The van der Waals surface area contributed by atoms with Crippen molar-refractivity contribution >= 4 is 11.6 Å². The van der Waals surface area contributed by atoms with Crippen LogP contribution in [0.3, 0.4) is 0 Å². The Morgan fingerprint density at radius 3 is 3.00 bits per heavy atom. The van der Waals surface area contributed by atoms with E-state index in [1.807, 2.05) is 10.9 Å². The van der Waals surface area contributed by atoms with Gasteiger partial charge in [-0.15, -0.1) is 0 Å². The van der Waals surface area contributed by atoms with Gasteiger partial charge in [-0.05, 0) is 12.5 Å². The second kappa shape index (κ2) is 6.14. The zero-order valence-corrected chi connectivity index (χ0v) is 11.4. The largest absolute Gasteiger partial charge is 0.272 e. The molecule has 0 amide bonds. The summed E-state index contributed by atoms with van der Waals surface area (Å²) in [6.45, 7) is 2.88. The Bertz CT molecular complexity index is 555. The number of hydrazine groups is 1. The first-order valence-corrected chi connectivity index (χ1v) is 6.47. The zero-order valence-electron chi connectivity index (χ0n) is 10.6. The summed E-state index contributed by atoms with van der Waals surface area (Å²) in [7, 11) is 0. The highest BCUT2D eigenvalue weighted by Gasteiger charge is 2.19. The number of hydrogen-bond acceptors (Lipinski definition) is 3. The van der Waals surface area contributed by atoms with Gasteiger partial charge in [-0.25, -0.2) is 9.82 Å². The van der Waals surface area contributed by atoms with Crippen LogP contribution in [0.5, 0.6) is 0 Å². The fourth-order valence-electron chi connectivity index (χ4n) is 1.99. The third-order valence-corrected chi connectivity index (χ3v) is 3.19. The van der Waals surface area contributed by atoms with Gasteiger partial charge in [-0.2, -0.15) is 5.10 Å². The molecule has 0 saturated heterocycles. The summed E-state index contributed by atoms with van der Waals surface area (Å²) in [6, 6.07) is 4.39. The third-order valence-electron chi connectivity index (χ3n) is 2.90. The van der Waals surface area contributed by atoms with Crippen LogP contribution in [0.25, 0.3) is 0 Å². The lowest BCUT2D eigenvalue weighted by atomic mass is 10.0. The van der Waals surface area contributed by atoms with E-state index >= 15 is 0 Å². The molecule has 1 heterocycles. The van der Waals surface area contributed by atoms with E-state index in [2.05, 4.69) is 17.4 Å². The first kappa shape index (κ1) is 14.0. The number of benzene rings is 1. The normalized spacial score (nSPS) is 12.6. The van der Waals surface area contributed by atoms with Gasteiger partial charge in [0.2, 0.25) is 0 Å². The van der Waals surface area contributed by atoms with Gasteiger partial charge in [0, 0.05) is 23.9 Å². The van der Waals surface area contributed by atoms with Crippen LogP contribution >= 0.6 is 11.6 Å². The van der Waals surface area contributed by atoms with Crippen LogP contribution < -0.4 is 11.3 Å². The van der Waals surface area contributed by atoms with Crippen LogP contribution in [-0.4, -0.2) is 9.78 Å².